The van der Waals surface area contributed by atoms with Crippen molar-refractivity contribution in [3.8, 4) is 0 Å². The van der Waals surface area contributed by atoms with E-state index in [1.807, 2.05) is 0 Å². The lowest BCUT2D eigenvalue weighted by atomic mass is 9.60. The van der Waals surface area contributed by atoms with Crippen molar-refractivity contribution in [1.82, 2.24) is 0 Å². The number of Topliss-reactive ketones (excluding diaryl/α,β-unsaturated/α-hetero) is 1. The number of esters is 1. The molecule has 6 atom stereocenters. The lowest BCUT2D eigenvalue weighted by Gasteiger charge is -2.51. The maximum Gasteiger partial charge on any atom is 0.432 e. The van der Waals surface area contributed by atoms with Crippen molar-refractivity contribution in [1.29, 1.82) is 0 Å². The summed E-state index contributed by atoms with van der Waals surface area (Å²) in [5.41, 5.74) is 0. The molecule has 0 spiro atoms. The maximum atomic E-state index is 13.5. The Hall–Kier alpha value is -1.34. The average molecular weight is 408 g/mol. The van der Waals surface area contributed by atoms with Crippen molar-refractivity contribution in [2.24, 2.45) is 17.8 Å². The van der Waals surface area contributed by atoms with Crippen LogP contribution in [0.2, 0.25) is 0 Å². The first kappa shape index (κ1) is 19.4. The number of carbonyl (C=O) groups excluding carboxylic acids is 2. The predicted octanol–water partition coefficient (Wildman–Crippen LogP) is 1.32. The Bertz CT molecular complexity index is 734. The average Bonchev–Trinajstić information content (AvgIpc) is 2.46. The Balaban J connectivity index is 1.86. The zero-order chi connectivity index (χ0) is 19.7. The molecule has 7 nitrogen and oxygen atoms in total. The minimum Gasteiger partial charge on any atom is -0.444 e. The highest BCUT2D eigenvalue weighted by Crippen LogP contribution is 2.50. The van der Waals surface area contributed by atoms with Crippen molar-refractivity contribution in [2.45, 2.75) is 49.0 Å². The molecule has 148 valence electrons. The van der Waals surface area contributed by atoms with E-state index in [0.29, 0.717) is 0 Å². The van der Waals surface area contributed by atoms with Gasteiger partial charge in [-0.1, -0.05) is 0 Å². The van der Waals surface area contributed by atoms with Gasteiger partial charge in [-0.15, -0.1) is 0 Å². The fourth-order valence-electron chi connectivity index (χ4n) is 3.98. The smallest absolute Gasteiger partial charge is 0.432 e. The minimum absolute atomic E-state index is 0.0526. The zero-order valence-electron chi connectivity index (χ0n) is 12.8. The van der Waals surface area contributed by atoms with Gasteiger partial charge < -0.3 is 9.47 Å². The largest absolute Gasteiger partial charge is 0.444 e. The van der Waals surface area contributed by atoms with Crippen LogP contribution in [-0.4, -0.2) is 54.5 Å². The van der Waals surface area contributed by atoms with Gasteiger partial charge in [0.15, 0.2) is 5.78 Å². The van der Waals surface area contributed by atoms with E-state index >= 15 is 0 Å². The van der Waals surface area contributed by atoms with Crippen molar-refractivity contribution in [2.75, 3.05) is 0 Å². The highest BCUT2D eigenvalue weighted by Gasteiger charge is 2.67. The quantitative estimate of drug-likeness (QED) is 0.425. The zero-order valence-corrected chi connectivity index (χ0v) is 13.6. The first-order valence-electron chi connectivity index (χ1n) is 7.54. The van der Waals surface area contributed by atoms with Crippen LogP contribution >= 0.6 is 0 Å². The summed E-state index contributed by atoms with van der Waals surface area (Å²) in [7, 11) is -6.51. The first-order chi connectivity index (χ1) is 11.7. The lowest BCUT2D eigenvalue weighted by molar-refractivity contribution is -0.264. The monoisotopic (exact) mass is 408 g/mol. The predicted molar refractivity (Wildman–Crippen MR) is 70.4 cm³/mol. The third-order valence-electron chi connectivity index (χ3n) is 5.03. The van der Waals surface area contributed by atoms with Crippen LogP contribution in [0.15, 0.2) is 0 Å². The molecule has 0 aromatic carbocycles. The molecule has 6 unspecified atom stereocenters. The lowest BCUT2D eigenvalue weighted by Crippen LogP contribution is -2.60. The number of hydrogen-bond donors (Lipinski definition) is 1. The molecule has 4 bridgehead atoms. The van der Waals surface area contributed by atoms with E-state index in [-0.39, 0.29) is 25.4 Å². The van der Waals surface area contributed by atoms with E-state index in [2.05, 4.69) is 4.74 Å². The van der Waals surface area contributed by atoms with Crippen LogP contribution in [0, 0.1) is 17.8 Å². The standard InChI is InChI=1S/C13H13F5O7S/c14-12(15,16)11(13(17,18)26(21,22)23)25-10(20)8-4-1-5-3-6(8)9(19)7(2-4)24-5/h4-8,11H,1-3H2,(H,21,22,23). The molecule has 2 heterocycles. The molecule has 2 aliphatic heterocycles. The summed E-state index contributed by atoms with van der Waals surface area (Å²) in [4.78, 5) is 24.3. The van der Waals surface area contributed by atoms with Crippen LogP contribution in [0.25, 0.3) is 0 Å². The molecule has 26 heavy (non-hydrogen) atoms. The number of hydrogen-bond acceptors (Lipinski definition) is 6. The number of ketones is 1. The summed E-state index contributed by atoms with van der Waals surface area (Å²) in [5.74, 6) is -5.24. The Morgan fingerprint density at radius 1 is 1.19 bits per heavy atom. The minimum atomic E-state index is -6.51. The second-order valence-electron chi connectivity index (χ2n) is 6.64. The Morgan fingerprint density at radius 3 is 2.35 bits per heavy atom. The molecule has 4 fully saturated rings. The molecule has 4 rings (SSSR count). The van der Waals surface area contributed by atoms with E-state index in [9.17, 15) is 40.0 Å². The van der Waals surface area contributed by atoms with E-state index in [0.717, 1.165) is 0 Å². The summed E-state index contributed by atoms with van der Waals surface area (Å²) in [6.07, 6.45) is -11.1. The third-order valence-corrected chi connectivity index (χ3v) is 5.93. The Kier molecular flexibility index (Phi) is 4.35. The fourth-order valence-corrected chi connectivity index (χ4v) is 4.44. The second-order valence-corrected chi connectivity index (χ2v) is 8.14. The van der Waals surface area contributed by atoms with Gasteiger partial charge in [-0.05, 0) is 25.2 Å². The molecule has 0 amide bonds. The summed E-state index contributed by atoms with van der Waals surface area (Å²) < 4.78 is 105. The molecule has 0 radical (unpaired) electrons. The van der Waals surface area contributed by atoms with Gasteiger partial charge >= 0.3 is 27.5 Å². The van der Waals surface area contributed by atoms with Crippen molar-refractivity contribution < 1.29 is 54.0 Å². The van der Waals surface area contributed by atoms with Crippen LogP contribution in [-0.2, 0) is 29.2 Å². The Morgan fingerprint density at radius 2 is 1.81 bits per heavy atom. The van der Waals surface area contributed by atoms with Gasteiger partial charge in [0, 0.05) is 5.92 Å². The molecule has 0 aromatic rings. The number of carbonyl (C=O) groups is 2. The molecule has 2 saturated carbocycles. The van der Waals surface area contributed by atoms with Crippen molar-refractivity contribution >= 4 is 21.9 Å². The number of alkyl halides is 5. The van der Waals surface area contributed by atoms with Gasteiger partial charge in [0.2, 0.25) is 0 Å². The summed E-state index contributed by atoms with van der Waals surface area (Å²) in [5, 5.41) is -5.79. The van der Waals surface area contributed by atoms with E-state index in [1.54, 1.807) is 0 Å². The second kappa shape index (κ2) is 5.83. The van der Waals surface area contributed by atoms with E-state index < -0.39 is 63.3 Å². The molecular formula is C13H13F5O7S. The van der Waals surface area contributed by atoms with Gasteiger partial charge in [-0.3, -0.25) is 14.1 Å². The molecule has 2 aliphatic carbocycles. The van der Waals surface area contributed by atoms with E-state index in [4.69, 9.17) is 9.29 Å². The van der Waals surface area contributed by atoms with Crippen LogP contribution < -0.4 is 0 Å². The fraction of sp³-hybridized carbons (Fsp3) is 0.846. The SMILES string of the molecule is O=C1C2CC3CC(CC1C3C(=O)OC(C(F)(F)F)C(F)(F)S(=O)(=O)O)O2. The van der Waals surface area contributed by atoms with Crippen molar-refractivity contribution in [3.63, 3.8) is 0 Å². The maximum absolute atomic E-state index is 13.5. The van der Waals surface area contributed by atoms with Crippen molar-refractivity contribution in [3.05, 3.63) is 0 Å². The summed E-state index contributed by atoms with van der Waals surface area (Å²) >= 11 is 0. The normalized spacial score (nSPS) is 35.5. The number of halogens is 5. The highest BCUT2D eigenvalue weighted by atomic mass is 32.2. The third kappa shape index (κ3) is 2.99. The van der Waals surface area contributed by atoms with Crippen LogP contribution in [0.1, 0.15) is 19.3 Å². The molecule has 2 saturated heterocycles. The molecule has 13 heteroatoms. The van der Waals surface area contributed by atoms with Gasteiger partial charge in [0.25, 0.3) is 6.10 Å². The summed E-state index contributed by atoms with van der Waals surface area (Å²) in [6, 6.07) is 0. The Labute approximate surface area is 143 Å². The van der Waals surface area contributed by atoms with Crippen LogP contribution in [0.3, 0.4) is 0 Å². The highest BCUT2D eigenvalue weighted by molar-refractivity contribution is 7.86. The van der Waals surface area contributed by atoms with Gasteiger partial charge in [-0.25, -0.2) is 0 Å². The topological polar surface area (TPSA) is 107 Å². The summed E-state index contributed by atoms with van der Waals surface area (Å²) in [6.45, 7) is 0. The molecule has 0 aromatic heterocycles. The van der Waals surface area contributed by atoms with Gasteiger partial charge in [0.05, 0.1) is 12.0 Å². The first-order valence-corrected chi connectivity index (χ1v) is 8.98. The van der Waals surface area contributed by atoms with Crippen LogP contribution in [0.4, 0.5) is 22.0 Å². The number of rotatable bonds is 4. The molecule has 4 aliphatic rings. The van der Waals surface area contributed by atoms with Gasteiger partial charge in [0.1, 0.15) is 6.10 Å². The number of ether oxygens (including phenoxy) is 2. The van der Waals surface area contributed by atoms with E-state index in [1.165, 1.54) is 0 Å². The molecule has 1 N–H and O–H groups in total. The molecular weight excluding hydrogens is 395 g/mol. The van der Waals surface area contributed by atoms with Gasteiger partial charge in [-0.2, -0.15) is 30.4 Å². The van der Waals surface area contributed by atoms with Crippen LogP contribution in [0.5, 0.6) is 0 Å².